The van der Waals surface area contributed by atoms with Crippen molar-refractivity contribution < 1.29 is 4.79 Å². The van der Waals surface area contributed by atoms with Crippen molar-refractivity contribution in [2.45, 2.75) is 46.1 Å². The lowest BCUT2D eigenvalue weighted by Gasteiger charge is -2.33. The fraction of sp³-hybridized carbons (Fsp3) is 0.588. The minimum Gasteiger partial charge on any atom is -0.397 e. The molecule has 1 aromatic rings. The van der Waals surface area contributed by atoms with Crippen LogP contribution in [0.1, 0.15) is 50.4 Å². The summed E-state index contributed by atoms with van der Waals surface area (Å²) in [7, 11) is 0. The molecule has 0 aromatic heterocycles. The van der Waals surface area contributed by atoms with Crippen LogP contribution in [0.2, 0.25) is 0 Å². The standard InChI is InChI=1S/C17H27N3O/c1-4-19-17(21)13-5-6-16(15(18)10-13)20-14-8-11(2)7-12(3)9-14/h5-6,10-12,14,20H,4,7-9,18H2,1-3H3,(H,19,21). The number of nitrogens with two attached hydrogens (primary N) is 1. The first-order chi connectivity index (χ1) is 9.99. The van der Waals surface area contributed by atoms with Crippen molar-refractivity contribution >= 4 is 17.3 Å². The smallest absolute Gasteiger partial charge is 0.251 e. The largest absolute Gasteiger partial charge is 0.397 e. The SMILES string of the molecule is CCNC(=O)c1ccc(NC2CC(C)CC(C)C2)c(N)c1. The second-order valence-electron chi connectivity index (χ2n) is 6.42. The molecule has 4 N–H and O–H groups in total. The molecule has 4 heteroatoms. The molecule has 21 heavy (non-hydrogen) atoms. The van der Waals surface area contributed by atoms with Crippen molar-refractivity contribution in [2.24, 2.45) is 11.8 Å². The number of carbonyl (C=O) groups excluding carboxylic acids is 1. The highest BCUT2D eigenvalue weighted by Gasteiger charge is 2.24. The zero-order chi connectivity index (χ0) is 15.4. The minimum absolute atomic E-state index is 0.0735. The molecule has 0 spiro atoms. The van der Waals surface area contributed by atoms with Crippen molar-refractivity contribution in [1.29, 1.82) is 0 Å². The van der Waals surface area contributed by atoms with Gasteiger partial charge >= 0.3 is 0 Å². The first-order valence-corrected chi connectivity index (χ1v) is 7.93. The predicted molar refractivity (Wildman–Crippen MR) is 88.5 cm³/mol. The maximum Gasteiger partial charge on any atom is 0.251 e. The summed E-state index contributed by atoms with van der Waals surface area (Å²) in [5.74, 6) is 1.43. The molecule has 0 heterocycles. The third-order valence-electron chi connectivity index (χ3n) is 4.19. The van der Waals surface area contributed by atoms with Crippen LogP contribution in [0, 0.1) is 11.8 Å². The van der Waals surface area contributed by atoms with Crippen LogP contribution in [0.4, 0.5) is 11.4 Å². The summed E-state index contributed by atoms with van der Waals surface area (Å²) in [6.45, 7) is 7.15. The molecule has 0 radical (unpaired) electrons. The third-order valence-corrected chi connectivity index (χ3v) is 4.19. The van der Waals surface area contributed by atoms with Gasteiger partial charge in [-0.3, -0.25) is 4.79 Å². The van der Waals surface area contributed by atoms with Crippen LogP contribution in [0.15, 0.2) is 18.2 Å². The van der Waals surface area contributed by atoms with Crippen molar-refractivity contribution in [1.82, 2.24) is 5.32 Å². The number of benzene rings is 1. The highest BCUT2D eigenvalue weighted by Crippen LogP contribution is 2.31. The quantitative estimate of drug-likeness (QED) is 0.745. The van der Waals surface area contributed by atoms with E-state index in [1.54, 1.807) is 6.07 Å². The van der Waals surface area contributed by atoms with Gasteiger partial charge in [-0.15, -0.1) is 0 Å². The monoisotopic (exact) mass is 289 g/mol. The summed E-state index contributed by atoms with van der Waals surface area (Å²) in [4.78, 5) is 11.8. The fourth-order valence-electron chi connectivity index (χ4n) is 3.38. The third kappa shape index (κ3) is 4.13. The van der Waals surface area contributed by atoms with Crippen LogP contribution < -0.4 is 16.4 Å². The molecule has 116 valence electrons. The fourth-order valence-corrected chi connectivity index (χ4v) is 3.38. The Hall–Kier alpha value is -1.71. The van der Waals surface area contributed by atoms with Crippen LogP contribution in [0.5, 0.6) is 0 Å². The zero-order valence-electron chi connectivity index (χ0n) is 13.3. The summed E-state index contributed by atoms with van der Waals surface area (Å²) < 4.78 is 0. The van der Waals surface area contributed by atoms with E-state index in [2.05, 4.69) is 24.5 Å². The molecule has 1 aliphatic rings. The van der Waals surface area contributed by atoms with Gasteiger partial charge in [0.1, 0.15) is 0 Å². The van der Waals surface area contributed by atoms with Crippen LogP contribution in [-0.4, -0.2) is 18.5 Å². The molecular weight excluding hydrogens is 262 g/mol. The predicted octanol–water partition coefficient (Wildman–Crippen LogP) is 3.26. The van der Waals surface area contributed by atoms with E-state index >= 15 is 0 Å². The molecule has 1 aromatic carbocycles. The van der Waals surface area contributed by atoms with Gasteiger partial charge < -0.3 is 16.4 Å². The highest BCUT2D eigenvalue weighted by atomic mass is 16.1. The van der Waals surface area contributed by atoms with Gasteiger partial charge in [0.2, 0.25) is 0 Å². The maximum atomic E-state index is 11.8. The Bertz CT molecular complexity index is 491. The topological polar surface area (TPSA) is 67.2 Å². The molecule has 0 aliphatic heterocycles. The lowest BCUT2D eigenvalue weighted by Crippen LogP contribution is -2.30. The normalized spacial score (nSPS) is 25.4. The molecule has 1 amide bonds. The number of anilines is 2. The molecule has 2 atom stereocenters. The molecule has 2 rings (SSSR count). The zero-order valence-corrected chi connectivity index (χ0v) is 13.3. The Kier molecular flexibility index (Phi) is 5.10. The first kappa shape index (κ1) is 15.7. The Balaban J connectivity index is 2.05. The Morgan fingerprint density at radius 2 is 1.90 bits per heavy atom. The minimum atomic E-state index is -0.0735. The number of hydrogen-bond acceptors (Lipinski definition) is 3. The van der Waals surface area contributed by atoms with E-state index in [1.807, 2.05) is 19.1 Å². The van der Waals surface area contributed by atoms with Gasteiger partial charge in [0, 0.05) is 18.2 Å². The van der Waals surface area contributed by atoms with Gasteiger partial charge in [0.05, 0.1) is 11.4 Å². The van der Waals surface area contributed by atoms with Gasteiger partial charge in [-0.2, -0.15) is 0 Å². The van der Waals surface area contributed by atoms with E-state index < -0.39 is 0 Å². The average Bonchev–Trinajstić information content (AvgIpc) is 2.40. The summed E-state index contributed by atoms with van der Waals surface area (Å²) in [6.07, 6.45) is 3.67. The van der Waals surface area contributed by atoms with Crippen LogP contribution in [0.25, 0.3) is 0 Å². The van der Waals surface area contributed by atoms with Crippen LogP contribution in [-0.2, 0) is 0 Å². The number of hydrogen-bond donors (Lipinski definition) is 3. The second-order valence-corrected chi connectivity index (χ2v) is 6.42. The molecule has 0 bridgehead atoms. The van der Waals surface area contributed by atoms with Crippen molar-refractivity contribution in [3.05, 3.63) is 23.8 Å². The second kappa shape index (κ2) is 6.83. The van der Waals surface area contributed by atoms with Gasteiger partial charge in [-0.25, -0.2) is 0 Å². The summed E-state index contributed by atoms with van der Waals surface area (Å²) >= 11 is 0. The molecule has 1 saturated carbocycles. The maximum absolute atomic E-state index is 11.8. The van der Waals surface area contributed by atoms with E-state index in [-0.39, 0.29) is 5.91 Å². The summed E-state index contributed by atoms with van der Waals surface area (Å²) in [5, 5.41) is 6.34. The van der Waals surface area contributed by atoms with Crippen LogP contribution >= 0.6 is 0 Å². The van der Waals surface area contributed by atoms with E-state index in [0.29, 0.717) is 23.8 Å². The van der Waals surface area contributed by atoms with Crippen LogP contribution in [0.3, 0.4) is 0 Å². The van der Waals surface area contributed by atoms with Gasteiger partial charge in [0.15, 0.2) is 0 Å². The van der Waals surface area contributed by atoms with E-state index in [0.717, 1.165) is 17.5 Å². The molecular formula is C17H27N3O. The molecule has 0 saturated heterocycles. The number of amides is 1. The van der Waals surface area contributed by atoms with Crippen molar-refractivity contribution in [3.63, 3.8) is 0 Å². The molecule has 1 fully saturated rings. The summed E-state index contributed by atoms with van der Waals surface area (Å²) in [6, 6.07) is 5.98. The molecule has 4 nitrogen and oxygen atoms in total. The Morgan fingerprint density at radius 1 is 1.24 bits per heavy atom. The lowest BCUT2D eigenvalue weighted by molar-refractivity contribution is 0.0956. The number of rotatable bonds is 4. The van der Waals surface area contributed by atoms with Crippen molar-refractivity contribution in [3.8, 4) is 0 Å². The Morgan fingerprint density at radius 3 is 2.48 bits per heavy atom. The lowest BCUT2D eigenvalue weighted by atomic mass is 9.80. The van der Waals surface area contributed by atoms with Crippen molar-refractivity contribution in [2.75, 3.05) is 17.6 Å². The van der Waals surface area contributed by atoms with Gasteiger partial charge in [-0.05, 0) is 56.2 Å². The first-order valence-electron chi connectivity index (χ1n) is 7.93. The van der Waals surface area contributed by atoms with E-state index in [9.17, 15) is 4.79 Å². The van der Waals surface area contributed by atoms with Gasteiger partial charge in [0.25, 0.3) is 5.91 Å². The van der Waals surface area contributed by atoms with E-state index in [4.69, 9.17) is 5.73 Å². The van der Waals surface area contributed by atoms with Gasteiger partial charge in [-0.1, -0.05) is 13.8 Å². The molecule has 1 aliphatic carbocycles. The highest BCUT2D eigenvalue weighted by molar-refractivity contribution is 5.96. The van der Waals surface area contributed by atoms with E-state index in [1.165, 1.54) is 19.3 Å². The average molecular weight is 289 g/mol. The molecule has 2 unspecified atom stereocenters. The summed E-state index contributed by atoms with van der Waals surface area (Å²) in [5.41, 5.74) is 8.30. The number of nitrogen functional groups attached to an aromatic ring is 1. The number of nitrogens with one attached hydrogen (secondary N) is 2. The number of carbonyl (C=O) groups is 1. The Labute approximate surface area is 127 Å².